The topological polar surface area (TPSA) is 85.3 Å². The molecule has 0 aliphatic heterocycles. The Balaban J connectivity index is 1.68. The first-order valence-electron chi connectivity index (χ1n) is 9.52. The van der Waals surface area contributed by atoms with Gasteiger partial charge in [0.15, 0.2) is 5.89 Å². The lowest BCUT2D eigenvalue weighted by Crippen LogP contribution is -2.38. The number of anilines is 1. The molecular weight excluding hydrogens is 401 g/mol. The molecule has 9 heteroatoms. The molecule has 0 aliphatic carbocycles. The zero-order valence-electron chi connectivity index (χ0n) is 17.4. The number of oxazole rings is 1. The highest BCUT2D eigenvalue weighted by atomic mass is 28.3. The summed E-state index contributed by atoms with van der Waals surface area (Å²) in [5, 5.41) is 3.91. The Kier molecular flexibility index (Phi) is 4.77. The number of benzene rings is 1. The van der Waals surface area contributed by atoms with Crippen LogP contribution in [0.25, 0.3) is 17.0 Å². The van der Waals surface area contributed by atoms with E-state index in [1.54, 1.807) is 26.1 Å². The number of nitrogens with one attached hydrogen (secondary N) is 1. The second-order valence-corrected chi connectivity index (χ2v) is 13.3. The molecule has 0 spiro atoms. The van der Waals surface area contributed by atoms with Crippen molar-refractivity contribution < 1.29 is 13.6 Å². The van der Waals surface area contributed by atoms with Crippen molar-refractivity contribution in [2.75, 3.05) is 5.32 Å². The van der Waals surface area contributed by atoms with E-state index in [-0.39, 0.29) is 11.3 Å². The zero-order chi connectivity index (χ0) is 21.6. The molecule has 0 aliphatic rings. The molecule has 154 valence electrons. The fourth-order valence-electron chi connectivity index (χ4n) is 3.13. The first-order chi connectivity index (χ1) is 14.1. The van der Waals surface area contributed by atoms with Gasteiger partial charge in [0.05, 0.1) is 19.5 Å². The van der Waals surface area contributed by atoms with E-state index in [1.165, 1.54) is 17.3 Å². The van der Waals surface area contributed by atoms with Gasteiger partial charge >= 0.3 is 0 Å². The maximum Gasteiger partial charge on any atom is 0.293 e. The lowest BCUT2D eigenvalue weighted by atomic mass is 10.1. The molecule has 3 heterocycles. The minimum atomic E-state index is -1.54. The Bertz CT molecular complexity index is 1270. The van der Waals surface area contributed by atoms with E-state index < -0.39 is 19.8 Å². The number of nitrogens with zero attached hydrogens (tertiary/aromatic N) is 4. The number of rotatable bonds is 4. The van der Waals surface area contributed by atoms with Gasteiger partial charge in [-0.3, -0.25) is 9.20 Å². The van der Waals surface area contributed by atoms with Crippen molar-refractivity contribution in [3.05, 3.63) is 60.0 Å². The number of halogens is 1. The van der Waals surface area contributed by atoms with Gasteiger partial charge in [-0.1, -0.05) is 19.6 Å². The van der Waals surface area contributed by atoms with Crippen LogP contribution >= 0.6 is 0 Å². The van der Waals surface area contributed by atoms with Crippen molar-refractivity contribution in [1.29, 1.82) is 0 Å². The first kappa shape index (κ1) is 20.0. The van der Waals surface area contributed by atoms with E-state index >= 15 is 0 Å². The fraction of sp³-hybridized carbons (Fsp3) is 0.238. The standard InChI is InChI=1S/C21H22FN5O2Si/c1-12-19(29-13(2)24-12)20(28)25-14-6-7-17(22)16(8-14)18-11-27-10-15(30(3,4)5)9-23-21(27)26-18/h6-11H,1-5H3,(H,25,28). The van der Waals surface area contributed by atoms with Crippen LogP contribution in [0.4, 0.5) is 10.1 Å². The van der Waals surface area contributed by atoms with Crippen molar-refractivity contribution in [3.63, 3.8) is 0 Å². The molecule has 3 aromatic heterocycles. The van der Waals surface area contributed by atoms with Crippen LogP contribution in [0.2, 0.25) is 19.6 Å². The smallest absolute Gasteiger partial charge is 0.293 e. The summed E-state index contributed by atoms with van der Waals surface area (Å²) in [7, 11) is -1.54. The second kappa shape index (κ2) is 7.17. The van der Waals surface area contributed by atoms with Gasteiger partial charge in [0.2, 0.25) is 11.5 Å². The summed E-state index contributed by atoms with van der Waals surface area (Å²) in [6.07, 6.45) is 5.59. The van der Waals surface area contributed by atoms with Gasteiger partial charge in [0.1, 0.15) is 5.82 Å². The second-order valence-electron chi connectivity index (χ2n) is 8.22. The van der Waals surface area contributed by atoms with Crippen molar-refractivity contribution in [2.24, 2.45) is 0 Å². The van der Waals surface area contributed by atoms with E-state index in [2.05, 4.69) is 39.9 Å². The lowest BCUT2D eigenvalue weighted by Gasteiger charge is -2.15. The molecule has 0 fully saturated rings. The van der Waals surface area contributed by atoms with Crippen molar-refractivity contribution in [2.45, 2.75) is 33.5 Å². The number of hydrogen-bond acceptors (Lipinski definition) is 5. The van der Waals surface area contributed by atoms with Crippen LogP contribution < -0.4 is 10.5 Å². The fourth-order valence-corrected chi connectivity index (χ4v) is 4.11. The number of fused-ring (bicyclic) bond motifs is 1. The molecule has 1 N–H and O–H groups in total. The number of carbonyl (C=O) groups excluding carboxylic acids is 1. The summed E-state index contributed by atoms with van der Waals surface area (Å²) in [4.78, 5) is 25.5. The van der Waals surface area contributed by atoms with Crippen LogP contribution in [0.1, 0.15) is 22.1 Å². The average molecular weight is 424 g/mol. The summed E-state index contributed by atoms with van der Waals surface area (Å²) in [6, 6.07) is 4.34. The monoisotopic (exact) mass is 423 g/mol. The van der Waals surface area contributed by atoms with Crippen LogP contribution in [-0.2, 0) is 0 Å². The van der Waals surface area contributed by atoms with E-state index in [1.807, 2.05) is 16.8 Å². The molecule has 0 atom stereocenters. The molecule has 30 heavy (non-hydrogen) atoms. The molecule has 0 saturated heterocycles. The highest BCUT2D eigenvalue weighted by Gasteiger charge is 2.20. The van der Waals surface area contributed by atoms with Crippen LogP contribution in [0.3, 0.4) is 0 Å². The Morgan fingerprint density at radius 3 is 2.60 bits per heavy atom. The van der Waals surface area contributed by atoms with Gasteiger partial charge in [-0.15, -0.1) is 0 Å². The SMILES string of the molecule is Cc1nc(C)c(C(=O)Nc2ccc(F)c(-c3cn4cc([Si](C)(C)C)cnc4n3)c2)o1. The molecule has 7 nitrogen and oxygen atoms in total. The number of aromatic nitrogens is 4. The average Bonchev–Trinajstić information content (AvgIpc) is 3.24. The lowest BCUT2D eigenvalue weighted by molar-refractivity contribution is 0.0994. The van der Waals surface area contributed by atoms with Crippen LogP contribution in [-0.4, -0.2) is 33.3 Å². The Morgan fingerprint density at radius 1 is 1.17 bits per heavy atom. The number of hydrogen-bond donors (Lipinski definition) is 1. The molecular formula is C21H22FN5O2Si. The van der Waals surface area contributed by atoms with Gasteiger partial charge in [-0.05, 0) is 30.3 Å². The molecule has 0 unspecified atom stereocenters. The molecule has 4 rings (SSSR count). The third-order valence-electron chi connectivity index (χ3n) is 4.79. The first-order valence-corrected chi connectivity index (χ1v) is 13.0. The minimum Gasteiger partial charge on any atom is -0.436 e. The normalized spacial score (nSPS) is 11.8. The third kappa shape index (κ3) is 3.75. The summed E-state index contributed by atoms with van der Waals surface area (Å²) >= 11 is 0. The van der Waals surface area contributed by atoms with Crippen molar-refractivity contribution in [3.8, 4) is 11.3 Å². The van der Waals surface area contributed by atoms with E-state index in [4.69, 9.17) is 4.42 Å². The number of aryl methyl sites for hydroxylation is 2. The zero-order valence-corrected chi connectivity index (χ0v) is 18.4. The number of amides is 1. The number of carbonyl (C=O) groups is 1. The maximum atomic E-state index is 14.6. The number of imidazole rings is 1. The van der Waals surface area contributed by atoms with E-state index in [0.29, 0.717) is 28.7 Å². The van der Waals surface area contributed by atoms with Gasteiger partial charge < -0.3 is 9.73 Å². The minimum absolute atomic E-state index is 0.134. The summed E-state index contributed by atoms with van der Waals surface area (Å²) in [5.41, 5.74) is 1.64. The predicted molar refractivity (Wildman–Crippen MR) is 115 cm³/mol. The molecule has 1 aromatic carbocycles. The quantitative estimate of drug-likeness (QED) is 0.503. The van der Waals surface area contributed by atoms with Crippen LogP contribution in [0.15, 0.2) is 41.2 Å². The van der Waals surface area contributed by atoms with Crippen molar-refractivity contribution in [1.82, 2.24) is 19.4 Å². The molecule has 0 radical (unpaired) electrons. The Morgan fingerprint density at radius 2 is 1.93 bits per heavy atom. The van der Waals surface area contributed by atoms with Gasteiger partial charge in [0.25, 0.3) is 5.91 Å². The highest BCUT2D eigenvalue weighted by molar-refractivity contribution is 6.88. The predicted octanol–water partition coefficient (Wildman–Crippen LogP) is 3.94. The Hall–Kier alpha value is -3.33. The summed E-state index contributed by atoms with van der Waals surface area (Å²) in [6.45, 7) is 10.1. The van der Waals surface area contributed by atoms with Gasteiger partial charge in [0, 0.05) is 36.8 Å². The van der Waals surface area contributed by atoms with E-state index in [0.717, 1.165) is 0 Å². The Labute approximate surface area is 174 Å². The van der Waals surface area contributed by atoms with Crippen LogP contribution in [0.5, 0.6) is 0 Å². The summed E-state index contributed by atoms with van der Waals surface area (Å²) in [5.74, 6) is 0.158. The molecule has 0 bridgehead atoms. The maximum absolute atomic E-state index is 14.6. The molecule has 4 aromatic rings. The molecule has 0 saturated carbocycles. The third-order valence-corrected chi connectivity index (χ3v) is 6.78. The van der Waals surface area contributed by atoms with E-state index in [9.17, 15) is 9.18 Å². The highest BCUT2D eigenvalue weighted by Crippen LogP contribution is 2.26. The van der Waals surface area contributed by atoms with Crippen molar-refractivity contribution >= 4 is 30.6 Å². The van der Waals surface area contributed by atoms with Gasteiger partial charge in [-0.2, -0.15) is 0 Å². The van der Waals surface area contributed by atoms with Crippen LogP contribution in [0, 0.1) is 19.7 Å². The van der Waals surface area contributed by atoms with Gasteiger partial charge in [-0.25, -0.2) is 19.3 Å². The summed E-state index contributed by atoms with van der Waals surface area (Å²) < 4.78 is 21.7. The molecule has 1 amide bonds. The largest absolute Gasteiger partial charge is 0.436 e.